The van der Waals surface area contributed by atoms with Crippen LogP contribution in [0, 0.1) is 11.8 Å². The Morgan fingerprint density at radius 3 is 2.00 bits per heavy atom. The highest BCUT2D eigenvalue weighted by Crippen LogP contribution is 2.30. The van der Waals surface area contributed by atoms with Gasteiger partial charge in [-0.05, 0) is 58.3 Å². The van der Waals surface area contributed by atoms with Gasteiger partial charge in [-0.2, -0.15) is 0 Å². The van der Waals surface area contributed by atoms with Gasteiger partial charge in [-0.1, -0.05) is 13.2 Å². The lowest BCUT2D eigenvalue weighted by Crippen LogP contribution is -2.41. The molecule has 0 saturated heterocycles. The second-order valence-corrected chi connectivity index (χ2v) is 8.40. The van der Waals surface area contributed by atoms with E-state index in [4.69, 9.17) is 14.2 Å². The van der Waals surface area contributed by atoms with E-state index in [1.807, 2.05) is 0 Å². The molecule has 168 valence electrons. The van der Waals surface area contributed by atoms with Crippen molar-refractivity contribution in [3.8, 4) is 0 Å². The highest BCUT2D eigenvalue weighted by molar-refractivity contribution is 5.87. The van der Waals surface area contributed by atoms with Crippen LogP contribution < -0.4 is 0 Å². The van der Waals surface area contributed by atoms with Crippen molar-refractivity contribution < 1.29 is 38.8 Å². The number of carbonyl (C=O) groups excluding carboxylic acids is 3. The Labute approximate surface area is 176 Å². The van der Waals surface area contributed by atoms with Gasteiger partial charge in [-0.3, -0.25) is 4.79 Å². The Morgan fingerprint density at radius 1 is 0.833 bits per heavy atom. The summed E-state index contributed by atoms with van der Waals surface area (Å²) in [6.07, 6.45) is -0.483. The fraction of sp³-hybridized carbons (Fsp3) is 0.682. The molecule has 0 spiro atoms. The van der Waals surface area contributed by atoms with E-state index < -0.39 is 48.2 Å². The SMILES string of the molecule is C=C(C)C(=O)OC1CCC(C(=O)OCC2CCC(O)C(OC(=O)C(=C)C)C2)CC1O. The number of carbonyl (C=O) groups is 3. The van der Waals surface area contributed by atoms with Gasteiger partial charge in [0.15, 0.2) is 0 Å². The minimum Gasteiger partial charge on any atom is -0.465 e. The molecule has 2 fully saturated rings. The highest BCUT2D eigenvalue weighted by Gasteiger charge is 2.37. The Hall–Kier alpha value is -2.19. The lowest BCUT2D eigenvalue weighted by molar-refractivity contribution is -0.164. The second kappa shape index (κ2) is 10.7. The van der Waals surface area contributed by atoms with Crippen molar-refractivity contribution in [2.45, 2.75) is 76.8 Å². The summed E-state index contributed by atoms with van der Waals surface area (Å²) in [5, 5.41) is 20.3. The van der Waals surface area contributed by atoms with Crippen molar-refractivity contribution in [2.24, 2.45) is 11.8 Å². The van der Waals surface area contributed by atoms with Crippen LogP contribution in [-0.2, 0) is 28.6 Å². The van der Waals surface area contributed by atoms with Gasteiger partial charge in [0.25, 0.3) is 0 Å². The Bertz CT molecular complexity index is 685. The summed E-state index contributed by atoms with van der Waals surface area (Å²) in [5.41, 5.74) is 0.521. The maximum atomic E-state index is 12.4. The molecule has 0 radical (unpaired) electrons. The van der Waals surface area contributed by atoms with Crippen LogP contribution in [-0.4, -0.2) is 59.1 Å². The molecule has 2 rings (SSSR count). The molecule has 6 unspecified atom stereocenters. The Balaban J connectivity index is 1.79. The summed E-state index contributed by atoms with van der Waals surface area (Å²) in [6.45, 7) is 10.3. The zero-order valence-corrected chi connectivity index (χ0v) is 17.7. The van der Waals surface area contributed by atoms with Gasteiger partial charge in [-0.25, -0.2) is 9.59 Å². The monoisotopic (exact) mass is 424 g/mol. The normalized spacial score (nSPS) is 31.3. The maximum absolute atomic E-state index is 12.4. The first kappa shape index (κ1) is 24.1. The molecule has 0 amide bonds. The fourth-order valence-electron chi connectivity index (χ4n) is 3.74. The van der Waals surface area contributed by atoms with E-state index >= 15 is 0 Å². The molecule has 2 saturated carbocycles. The van der Waals surface area contributed by atoms with Gasteiger partial charge < -0.3 is 24.4 Å². The van der Waals surface area contributed by atoms with Crippen LogP contribution in [0.5, 0.6) is 0 Å². The quantitative estimate of drug-likeness (QED) is 0.361. The second-order valence-electron chi connectivity index (χ2n) is 8.40. The van der Waals surface area contributed by atoms with Crippen LogP contribution in [0.15, 0.2) is 24.3 Å². The van der Waals surface area contributed by atoms with Crippen molar-refractivity contribution in [3.63, 3.8) is 0 Å². The number of esters is 3. The molecule has 6 atom stereocenters. The average molecular weight is 424 g/mol. The van der Waals surface area contributed by atoms with E-state index in [0.717, 1.165) is 0 Å². The molecule has 30 heavy (non-hydrogen) atoms. The summed E-state index contributed by atoms with van der Waals surface area (Å²) in [4.78, 5) is 35.8. The lowest BCUT2D eigenvalue weighted by atomic mass is 9.84. The van der Waals surface area contributed by atoms with Crippen LogP contribution in [0.25, 0.3) is 0 Å². The van der Waals surface area contributed by atoms with Crippen molar-refractivity contribution in [2.75, 3.05) is 6.61 Å². The lowest BCUT2D eigenvalue weighted by Gasteiger charge is -2.34. The zero-order valence-electron chi connectivity index (χ0n) is 17.7. The topological polar surface area (TPSA) is 119 Å². The number of hydrogen-bond donors (Lipinski definition) is 2. The van der Waals surface area contributed by atoms with E-state index in [0.29, 0.717) is 32.1 Å². The summed E-state index contributed by atoms with van der Waals surface area (Å²) < 4.78 is 15.9. The minimum absolute atomic E-state index is 0.0296. The number of aliphatic hydroxyl groups excluding tert-OH is 2. The van der Waals surface area contributed by atoms with Crippen molar-refractivity contribution in [1.82, 2.24) is 0 Å². The Kier molecular flexibility index (Phi) is 8.61. The number of aliphatic hydroxyl groups is 2. The molecule has 2 aliphatic carbocycles. The van der Waals surface area contributed by atoms with Crippen LogP contribution in [0.3, 0.4) is 0 Å². The average Bonchev–Trinajstić information content (AvgIpc) is 2.69. The fourth-order valence-corrected chi connectivity index (χ4v) is 3.74. The molecule has 0 aliphatic heterocycles. The molecule has 0 aromatic carbocycles. The van der Waals surface area contributed by atoms with Crippen LogP contribution in [0.4, 0.5) is 0 Å². The van der Waals surface area contributed by atoms with Gasteiger partial charge in [0.05, 0.1) is 24.7 Å². The molecule has 0 bridgehead atoms. The molecule has 0 heterocycles. The predicted octanol–water partition coefficient (Wildman–Crippen LogP) is 1.83. The van der Waals surface area contributed by atoms with E-state index in [1.165, 1.54) is 6.92 Å². The van der Waals surface area contributed by atoms with Gasteiger partial charge in [0.1, 0.15) is 12.2 Å². The maximum Gasteiger partial charge on any atom is 0.333 e. The van der Waals surface area contributed by atoms with Gasteiger partial charge in [-0.15, -0.1) is 0 Å². The predicted molar refractivity (Wildman–Crippen MR) is 107 cm³/mol. The number of ether oxygens (including phenoxy) is 3. The first-order valence-corrected chi connectivity index (χ1v) is 10.3. The summed E-state index contributed by atoms with van der Waals surface area (Å²) in [7, 11) is 0. The standard InChI is InChI=1S/C22H32O8/c1-12(2)20(25)29-18-8-6-15(10-17(18)24)22(27)28-11-14-5-7-16(23)19(9-14)30-21(26)13(3)4/h14-19,23-24H,1,3,5-11H2,2,4H3. The van der Waals surface area contributed by atoms with Crippen LogP contribution in [0.2, 0.25) is 0 Å². The zero-order chi connectivity index (χ0) is 22.4. The highest BCUT2D eigenvalue weighted by atomic mass is 16.6. The largest absolute Gasteiger partial charge is 0.465 e. The molecule has 2 aliphatic rings. The van der Waals surface area contributed by atoms with Crippen molar-refractivity contribution in [3.05, 3.63) is 24.3 Å². The molecular weight excluding hydrogens is 392 g/mol. The van der Waals surface area contributed by atoms with Crippen molar-refractivity contribution in [1.29, 1.82) is 0 Å². The first-order chi connectivity index (χ1) is 14.1. The van der Waals surface area contributed by atoms with E-state index in [9.17, 15) is 24.6 Å². The van der Waals surface area contributed by atoms with Gasteiger partial charge in [0.2, 0.25) is 0 Å². The minimum atomic E-state index is -0.935. The summed E-state index contributed by atoms with van der Waals surface area (Å²) >= 11 is 0. The van der Waals surface area contributed by atoms with Gasteiger partial charge >= 0.3 is 17.9 Å². The molecule has 8 heteroatoms. The third-order valence-corrected chi connectivity index (χ3v) is 5.63. The molecular formula is C22H32O8. The van der Waals surface area contributed by atoms with E-state index in [1.54, 1.807) is 6.92 Å². The number of rotatable bonds is 7. The third kappa shape index (κ3) is 6.67. The van der Waals surface area contributed by atoms with Gasteiger partial charge in [0, 0.05) is 11.1 Å². The Morgan fingerprint density at radius 2 is 1.43 bits per heavy atom. The number of hydrogen-bond acceptors (Lipinski definition) is 8. The van der Waals surface area contributed by atoms with Crippen LogP contribution in [0.1, 0.15) is 52.4 Å². The van der Waals surface area contributed by atoms with Crippen LogP contribution >= 0.6 is 0 Å². The van der Waals surface area contributed by atoms with Crippen molar-refractivity contribution >= 4 is 17.9 Å². The third-order valence-electron chi connectivity index (χ3n) is 5.63. The molecule has 0 aromatic rings. The molecule has 8 nitrogen and oxygen atoms in total. The molecule has 2 N–H and O–H groups in total. The smallest absolute Gasteiger partial charge is 0.333 e. The first-order valence-electron chi connectivity index (χ1n) is 10.3. The van der Waals surface area contributed by atoms with E-state index in [2.05, 4.69) is 13.2 Å². The van der Waals surface area contributed by atoms with E-state index in [-0.39, 0.29) is 30.1 Å². The summed E-state index contributed by atoms with van der Waals surface area (Å²) in [6, 6.07) is 0. The summed E-state index contributed by atoms with van der Waals surface area (Å²) in [5.74, 6) is -2.00. The molecule has 0 aromatic heterocycles.